The zero-order chi connectivity index (χ0) is 13.5. The number of hydrogen-bond acceptors (Lipinski definition) is 12. The van der Waals surface area contributed by atoms with Crippen molar-refractivity contribution in [3.05, 3.63) is 0 Å². The van der Waals surface area contributed by atoms with E-state index in [0.29, 0.717) is 0 Å². The SMILES string of the molecule is [O-][Cl+3]([O-])([O-])[O-].[O-][Cl+3]([O-])([O-])[O-].[O-][Cl+3]([O-])([O-])[O-].[Sb+3]. The molecular formula is Cl3O12Sb. The average Bonchev–Trinajstić information content (AvgIpc) is 1.41. The maximum absolute atomic E-state index is 8.49. The summed E-state index contributed by atoms with van der Waals surface area (Å²) in [5.74, 6) is 0. The summed E-state index contributed by atoms with van der Waals surface area (Å²) >= 11 is 0. The first-order valence-electron chi connectivity index (χ1n) is 1.85. The van der Waals surface area contributed by atoms with Gasteiger partial charge in [-0.15, -0.1) is 30.7 Å². The number of halogens is 3. The normalized spacial score (nSPS) is 11.2. The molecule has 0 bridgehead atoms. The minimum Gasteiger partial charge on any atom is -0.222 e. The first-order chi connectivity index (χ1) is 6.00. The van der Waals surface area contributed by atoms with Gasteiger partial charge in [0.1, 0.15) is 0 Å². The summed E-state index contributed by atoms with van der Waals surface area (Å²) in [5.41, 5.74) is 0. The van der Waals surface area contributed by atoms with E-state index in [2.05, 4.69) is 0 Å². The molecule has 0 aliphatic rings. The summed E-state index contributed by atoms with van der Waals surface area (Å²) in [4.78, 5) is 0. The molecule has 0 saturated carbocycles. The molecule has 0 unspecified atom stereocenters. The Morgan fingerprint density at radius 3 is 0.312 bits per heavy atom. The Balaban J connectivity index is -0.0000000655. The van der Waals surface area contributed by atoms with Crippen LogP contribution in [0, 0.1) is 30.7 Å². The zero-order valence-electron chi connectivity index (χ0n) is 6.48. The van der Waals surface area contributed by atoms with Gasteiger partial charge in [0.25, 0.3) is 0 Å². The van der Waals surface area contributed by atoms with Crippen LogP contribution in [0.15, 0.2) is 0 Å². The van der Waals surface area contributed by atoms with Crippen molar-refractivity contribution < 1.29 is 86.6 Å². The molecule has 0 amide bonds. The van der Waals surface area contributed by atoms with Crippen molar-refractivity contribution in [1.29, 1.82) is 0 Å². The summed E-state index contributed by atoms with van der Waals surface area (Å²) in [6.07, 6.45) is 0. The minimum absolute atomic E-state index is 0. The fourth-order valence-corrected chi connectivity index (χ4v) is 0. The third-order valence-corrected chi connectivity index (χ3v) is 0. The Morgan fingerprint density at radius 1 is 0.312 bits per heavy atom. The van der Waals surface area contributed by atoms with Crippen LogP contribution in [0.25, 0.3) is 0 Å². The van der Waals surface area contributed by atoms with Gasteiger partial charge < -0.3 is 0 Å². The van der Waals surface area contributed by atoms with Gasteiger partial charge in [0.05, 0.1) is 0 Å². The van der Waals surface area contributed by atoms with E-state index < -0.39 is 30.7 Å². The van der Waals surface area contributed by atoms with Gasteiger partial charge >= 0.3 is 24.4 Å². The zero-order valence-corrected chi connectivity index (χ0v) is 11.3. The average molecular weight is 420 g/mol. The van der Waals surface area contributed by atoms with Crippen LogP contribution in [0.5, 0.6) is 0 Å². The fourth-order valence-electron chi connectivity index (χ4n) is 0. The molecule has 0 aromatic carbocycles. The van der Waals surface area contributed by atoms with Crippen molar-refractivity contribution in [2.75, 3.05) is 0 Å². The second-order valence-corrected chi connectivity index (χ2v) is 3.40. The minimum atomic E-state index is -4.94. The molecule has 0 aliphatic heterocycles. The Kier molecular flexibility index (Phi) is 16.5. The van der Waals surface area contributed by atoms with E-state index in [1.165, 1.54) is 0 Å². The summed E-state index contributed by atoms with van der Waals surface area (Å²) < 4.78 is 102. The molecule has 2 radical (unpaired) electrons. The number of hydrogen-bond donors (Lipinski definition) is 0. The van der Waals surface area contributed by atoms with Crippen molar-refractivity contribution in [2.24, 2.45) is 0 Å². The monoisotopic (exact) mass is 418 g/mol. The maximum Gasteiger partial charge on any atom is 3.00 e. The van der Waals surface area contributed by atoms with Crippen LogP contribution in [0.1, 0.15) is 0 Å². The van der Waals surface area contributed by atoms with E-state index in [-0.39, 0.29) is 24.4 Å². The molecule has 0 N–H and O–H groups in total. The Hall–Kier alpha value is 1.21. The molecule has 0 heterocycles. The topological polar surface area (TPSA) is 277 Å². The van der Waals surface area contributed by atoms with E-state index >= 15 is 0 Å². The van der Waals surface area contributed by atoms with Gasteiger partial charge in [0.2, 0.25) is 0 Å². The molecule has 0 aliphatic carbocycles. The standard InChI is InChI=1S/3ClHO4.Sb/c3*2-1(3,4)5;/h3*(H,2,3,4,5);/q;;;+3/p-3. The summed E-state index contributed by atoms with van der Waals surface area (Å²) in [7, 11) is -14.8. The van der Waals surface area contributed by atoms with Crippen LogP contribution >= 0.6 is 0 Å². The molecule has 0 aromatic rings. The van der Waals surface area contributed by atoms with E-state index in [4.69, 9.17) is 55.9 Å². The predicted molar refractivity (Wildman–Crippen MR) is 5.75 cm³/mol. The third kappa shape index (κ3) is 2100. The van der Waals surface area contributed by atoms with Crippen molar-refractivity contribution in [2.45, 2.75) is 0 Å². The van der Waals surface area contributed by atoms with E-state index in [9.17, 15) is 0 Å². The molecule has 0 saturated heterocycles. The van der Waals surface area contributed by atoms with Crippen LogP contribution < -0.4 is 55.9 Å². The van der Waals surface area contributed by atoms with E-state index in [1.807, 2.05) is 0 Å². The van der Waals surface area contributed by atoms with Crippen LogP contribution in [-0.2, 0) is 0 Å². The van der Waals surface area contributed by atoms with Crippen molar-refractivity contribution in [1.82, 2.24) is 0 Å². The fraction of sp³-hybridized carbons (Fsp3) is 0. The molecule has 0 aromatic heterocycles. The van der Waals surface area contributed by atoms with Gasteiger partial charge in [-0.2, -0.15) is 0 Å². The molecule has 0 fully saturated rings. The Morgan fingerprint density at radius 2 is 0.312 bits per heavy atom. The van der Waals surface area contributed by atoms with Crippen molar-refractivity contribution >= 4 is 24.4 Å². The van der Waals surface area contributed by atoms with Crippen LogP contribution in [0.3, 0.4) is 0 Å². The molecule has 98 valence electrons. The first-order valence-corrected chi connectivity index (χ1v) is 5.55. The molecule has 12 nitrogen and oxygen atoms in total. The summed E-state index contributed by atoms with van der Waals surface area (Å²) in [5, 5.41) is 0. The van der Waals surface area contributed by atoms with Crippen LogP contribution in [0.4, 0.5) is 0 Å². The molecule has 0 spiro atoms. The molecular weight excluding hydrogens is 420 g/mol. The second kappa shape index (κ2) is 10.2. The van der Waals surface area contributed by atoms with Gasteiger partial charge in [-0.1, -0.05) is 0 Å². The van der Waals surface area contributed by atoms with Crippen LogP contribution in [0.2, 0.25) is 0 Å². The maximum atomic E-state index is 8.49. The number of rotatable bonds is 0. The first kappa shape index (κ1) is 25.9. The molecule has 16 heteroatoms. The van der Waals surface area contributed by atoms with Crippen molar-refractivity contribution in [3.8, 4) is 0 Å². The third-order valence-electron chi connectivity index (χ3n) is 0. The smallest absolute Gasteiger partial charge is 0.222 e. The summed E-state index contributed by atoms with van der Waals surface area (Å²) in [6, 6.07) is 0. The Labute approximate surface area is 111 Å². The second-order valence-electron chi connectivity index (χ2n) is 1.13. The van der Waals surface area contributed by atoms with Gasteiger partial charge in [-0.3, -0.25) is 0 Å². The largest absolute Gasteiger partial charge is 3.00 e. The van der Waals surface area contributed by atoms with E-state index in [1.54, 1.807) is 0 Å². The summed E-state index contributed by atoms with van der Waals surface area (Å²) in [6.45, 7) is 0. The van der Waals surface area contributed by atoms with Gasteiger partial charge in [0, 0.05) is 0 Å². The predicted octanol–water partition coefficient (Wildman–Crippen LogP) is -14.6. The Bertz CT molecular complexity index is 91.3. The molecule has 0 atom stereocenters. The van der Waals surface area contributed by atoms with E-state index in [0.717, 1.165) is 0 Å². The van der Waals surface area contributed by atoms with Crippen LogP contribution in [-0.4, -0.2) is 24.4 Å². The molecule has 16 heavy (non-hydrogen) atoms. The van der Waals surface area contributed by atoms with Gasteiger partial charge in [0.15, 0.2) is 0 Å². The quantitative estimate of drug-likeness (QED) is 0.330. The van der Waals surface area contributed by atoms with Crippen molar-refractivity contribution in [3.63, 3.8) is 0 Å². The molecule has 0 rings (SSSR count). The van der Waals surface area contributed by atoms with Gasteiger partial charge in [-0.05, 0) is 0 Å². The van der Waals surface area contributed by atoms with Gasteiger partial charge in [-0.25, -0.2) is 55.9 Å².